The number of aromatic nitrogens is 3. The van der Waals surface area contributed by atoms with E-state index in [1.54, 1.807) is 29.7 Å². The van der Waals surface area contributed by atoms with Gasteiger partial charge < -0.3 is 10.6 Å². The van der Waals surface area contributed by atoms with Gasteiger partial charge in [0, 0.05) is 23.1 Å². The van der Waals surface area contributed by atoms with Crippen LogP contribution in [0.2, 0.25) is 5.02 Å². The van der Waals surface area contributed by atoms with E-state index in [0.29, 0.717) is 23.1 Å². The van der Waals surface area contributed by atoms with Gasteiger partial charge >= 0.3 is 0 Å². The van der Waals surface area contributed by atoms with Crippen LogP contribution in [0.15, 0.2) is 41.9 Å². The average molecular weight is 446 g/mol. The second-order valence-electron chi connectivity index (χ2n) is 6.34. The number of hydrogen-bond donors (Lipinski definition) is 2. The molecule has 4 rings (SSSR count). The minimum atomic E-state index is -0.380. The molecule has 3 heterocycles. The number of benzene rings is 1. The van der Waals surface area contributed by atoms with Crippen LogP contribution in [-0.2, 0) is 6.54 Å². The molecule has 0 unspecified atom stereocenters. The number of aryl methyl sites for hydroxylation is 2. The second-order valence-corrected chi connectivity index (χ2v) is 8.84. The molecule has 0 fully saturated rings. The first kappa shape index (κ1) is 19.8. The van der Waals surface area contributed by atoms with Gasteiger partial charge in [0.15, 0.2) is 5.13 Å². The van der Waals surface area contributed by atoms with Gasteiger partial charge in [-0.3, -0.25) is 0 Å². The van der Waals surface area contributed by atoms with Crippen molar-refractivity contribution in [3.05, 3.63) is 69.0 Å². The van der Waals surface area contributed by atoms with Crippen LogP contribution >= 0.6 is 34.3 Å². The number of rotatable bonds is 6. The van der Waals surface area contributed by atoms with Crippen LogP contribution < -0.4 is 10.6 Å². The summed E-state index contributed by atoms with van der Waals surface area (Å²) in [4.78, 5) is 14.6. The summed E-state index contributed by atoms with van der Waals surface area (Å²) in [5.41, 5.74) is 3.25. The highest BCUT2D eigenvalue weighted by Gasteiger charge is 2.12. The zero-order valence-corrected chi connectivity index (χ0v) is 18.1. The van der Waals surface area contributed by atoms with E-state index < -0.39 is 0 Å². The summed E-state index contributed by atoms with van der Waals surface area (Å²) in [6.45, 7) is 4.45. The first-order valence-electron chi connectivity index (χ1n) is 8.79. The van der Waals surface area contributed by atoms with E-state index in [9.17, 15) is 4.39 Å². The van der Waals surface area contributed by atoms with Gasteiger partial charge in [-0.15, -0.1) is 22.7 Å². The Bertz CT molecular complexity index is 1140. The van der Waals surface area contributed by atoms with Crippen LogP contribution in [0, 0.1) is 19.7 Å². The molecule has 0 saturated heterocycles. The van der Waals surface area contributed by atoms with Gasteiger partial charge in [-0.1, -0.05) is 17.7 Å². The first-order chi connectivity index (χ1) is 14.0. The van der Waals surface area contributed by atoms with Gasteiger partial charge in [0.05, 0.1) is 27.0 Å². The number of halogens is 2. The summed E-state index contributed by atoms with van der Waals surface area (Å²) in [6, 6.07) is 8.36. The summed E-state index contributed by atoms with van der Waals surface area (Å²) < 4.78 is 13.8. The Morgan fingerprint density at radius 3 is 2.69 bits per heavy atom. The van der Waals surface area contributed by atoms with E-state index in [1.165, 1.54) is 17.4 Å². The van der Waals surface area contributed by atoms with Crippen LogP contribution in [0.1, 0.15) is 16.3 Å². The lowest BCUT2D eigenvalue weighted by Gasteiger charge is -2.08. The molecule has 148 valence electrons. The normalized spacial score (nSPS) is 10.9. The Kier molecular flexibility index (Phi) is 5.75. The molecule has 0 atom stereocenters. The van der Waals surface area contributed by atoms with E-state index in [0.717, 1.165) is 32.0 Å². The van der Waals surface area contributed by atoms with E-state index in [-0.39, 0.29) is 5.82 Å². The van der Waals surface area contributed by atoms with Crippen molar-refractivity contribution in [3.8, 4) is 10.6 Å². The number of nitrogens with one attached hydrogen (secondary N) is 2. The zero-order valence-electron chi connectivity index (χ0n) is 15.7. The Morgan fingerprint density at radius 1 is 1.14 bits per heavy atom. The smallest absolute Gasteiger partial charge is 0.188 e. The average Bonchev–Trinajstić information content (AvgIpc) is 3.28. The lowest BCUT2D eigenvalue weighted by atomic mass is 10.2. The monoisotopic (exact) mass is 445 g/mol. The fourth-order valence-electron chi connectivity index (χ4n) is 2.75. The Labute approximate surface area is 180 Å². The molecule has 0 amide bonds. The summed E-state index contributed by atoms with van der Waals surface area (Å²) in [5.74, 6) is 0.319. The predicted octanol–water partition coefficient (Wildman–Crippen LogP) is 6.43. The van der Waals surface area contributed by atoms with Crippen molar-refractivity contribution in [1.82, 2.24) is 15.0 Å². The van der Waals surface area contributed by atoms with E-state index in [2.05, 4.69) is 25.6 Å². The fourth-order valence-corrected chi connectivity index (χ4v) is 4.57. The summed E-state index contributed by atoms with van der Waals surface area (Å²) in [5, 5.41) is 10.5. The molecule has 2 N–H and O–H groups in total. The van der Waals surface area contributed by atoms with Gasteiger partial charge in [0.2, 0.25) is 0 Å². The molecule has 0 aliphatic rings. The van der Waals surface area contributed by atoms with Crippen molar-refractivity contribution < 1.29 is 4.39 Å². The third-order valence-corrected chi connectivity index (χ3v) is 6.20. The largest absolute Gasteiger partial charge is 0.379 e. The van der Waals surface area contributed by atoms with Gasteiger partial charge in [0.25, 0.3) is 0 Å². The van der Waals surface area contributed by atoms with Crippen LogP contribution in [-0.4, -0.2) is 15.0 Å². The molecular weight excluding hydrogens is 429 g/mol. The zero-order chi connectivity index (χ0) is 20.4. The quantitative estimate of drug-likeness (QED) is 0.358. The molecule has 9 heteroatoms. The maximum atomic E-state index is 13.8. The highest BCUT2D eigenvalue weighted by Crippen LogP contribution is 2.32. The molecule has 4 aromatic rings. The molecule has 5 nitrogen and oxygen atoms in total. The molecule has 0 aliphatic heterocycles. The maximum absolute atomic E-state index is 13.8. The standard InChI is InChI=1S/C20H17ClFN5S2/c1-11-19(29-12(2)25-11)17-10-28-20(26-17)27-18-6-3-13(9-24-18)8-23-16-5-4-14(21)7-15(16)22/h3-7,9-10,23H,8H2,1-2H3,(H,24,26,27). The van der Waals surface area contributed by atoms with Gasteiger partial charge in [0.1, 0.15) is 11.6 Å². The Hall–Kier alpha value is -2.55. The molecule has 0 spiro atoms. The minimum Gasteiger partial charge on any atom is -0.379 e. The Balaban J connectivity index is 1.39. The highest BCUT2D eigenvalue weighted by molar-refractivity contribution is 7.16. The topological polar surface area (TPSA) is 62.7 Å². The molecule has 0 radical (unpaired) electrons. The fraction of sp³-hybridized carbons (Fsp3) is 0.150. The first-order valence-corrected chi connectivity index (χ1v) is 10.9. The van der Waals surface area contributed by atoms with E-state index in [4.69, 9.17) is 11.6 Å². The molecule has 1 aromatic carbocycles. The third-order valence-electron chi connectivity index (χ3n) is 4.11. The lowest BCUT2D eigenvalue weighted by Crippen LogP contribution is -2.02. The lowest BCUT2D eigenvalue weighted by molar-refractivity contribution is 0.630. The Morgan fingerprint density at radius 2 is 2.00 bits per heavy atom. The molecule has 0 saturated carbocycles. The van der Waals surface area contributed by atoms with Crippen molar-refractivity contribution in [3.63, 3.8) is 0 Å². The van der Waals surface area contributed by atoms with Crippen molar-refractivity contribution in [2.75, 3.05) is 10.6 Å². The molecule has 0 aliphatic carbocycles. The van der Waals surface area contributed by atoms with Gasteiger partial charge in [-0.2, -0.15) is 0 Å². The summed E-state index contributed by atoms with van der Waals surface area (Å²) in [7, 11) is 0. The number of thiazole rings is 2. The van der Waals surface area contributed by atoms with Crippen molar-refractivity contribution in [2.45, 2.75) is 20.4 Å². The number of nitrogens with zero attached hydrogens (tertiary/aromatic N) is 3. The molecule has 29 heavy (non-hydrogen) atoms. The second kappa shape index (κ2) is 8.44. The van der Waals surface area contributed by atoms with Crippen molar-refractivity contribution >= 4 is 50.9 Å². The van der Waals surface area contributed by atoms with Gasteiger partial charge in [-0.05, 0) is 43.7 Å². The number of hydrogen-bond acceptors (Lipinski definition) is 7. The third kappa shape index (κ3) is 4.72. The van der Waals surface area contributed by atoms with E-state index in [1.807, 2.05) is 31.4 Å². The van der Waals surface area contributed by atoms with Crippen molar-refractivity contribution in [2.24, 2.45) is 0 Å². The van der Waals surface area contributed by atoms with Crippen LogP contribution in [0.4, 0.5) is 21.0 Å². The van der Waals surface area contributed by atoms with Crippen LogP contribution in [0.3, 0.4) is 0 Å². The maximum Gasteiger partial charge on any atom is 0.188 e. The predicted molar refractivity (Wildman–Crippen MR) is 119 cm³/mol. The highest BCUT2D eigenvalue weighted by atomic mass is 35.5. The SMILES string of the molecule is Cc1nc(C)c(-c2csc(Nc3ccc(CNc4ccc(Cl)cc4F)cn3)n2)s1. The number of pyridine rings is 1. The van der Waals surface area contributed by atoms with Gasteiger partial charge in [-0.25, -0.2) is 19.3 Å². The number of anilines is 3. The summed E-state index contributed by atoms with van der Waals surface area (Å²) >= 11 is 8.94. The minimum absolute atomic E-state index is 0.371. The summed E-state index contributed by atoms with van der Waals surface area (Å²) in [6.07, 6.45) is 1.74. The van der Waals surface area contributed by atoms with E-state index >= 15 is 0 Å². The molecule has 0 bridgehead atoms. The molecule has 3 aromatic heterocycles. The van der Waals surface area contributed by atoms with Crippen LogP contribution in [0.5, 0.6) is 0 Å². The van der Waals surface area contributed by atoms with Crippen LogP contribution in [0.25, 0.3) is 10.6 Å². The van der Waals surface area contributed by atoms with Crippen molar-refractivity contribution in [1.29, 1.82) is 0 Å². The molecular formula is C20H17ClFN5S2.